The molecule has 2 rings (SSSR count). The molecule has 0 saturated carbocycles. The molecule has 0 bridgehead atoms. The van der Waals surface area contributed by atoms with E-state index < -0.39 is 21.9 Å². The molecule has 0 aromatic heterocycles. The summed E-state index contributed by atoms with van der Waals surface area (Å²) in [6.07, 6.45) is 2.32. The minimum atomic E-state index is -3.77. The molecule has 37 heavy (non-hydrogen) atoms. The lowest BCUT2D eigenvalue weighted by atomic mass is 10.1. The highest BCUT2D eigenvalue weighted by Gasteiger charge is 2.29. The van der Waals surface area contributed by atoms with Crippen molar-refractivity contribution in [3.05, 3.63) is 59.9 Å². The molecular weight excluding hydrogens is 497 g/mol. The Morgan fingerprint density at radius 1 is 1.05 bits per heavy atom. The summed E-state index contributed by atoms with van der Waals surface area (Å²) in [5.41, 5.74) is 0.764. The number of halogens is 1. The molecule has 204 valence electrons. The first kappa shape index (κ1) is 30.1. The quantitative estimate of drug-likeness (QED) is 0.393. The smallest absolute Gasteiger partial charge is 0.243 e. The molecule has 0 aliphatic heterocycles. The van der Waals surface area contributed by atoms with Gasteiger partial charge in [0.25, 0.3) is 0 Å². The van der Waals surface area contributed by atoms with Crippen LogP contribution >= 0.6 is 0 Å². The van der Waals surface area contributed by atoms with E-state index in [9.17, 15) is 22.4 Å². The SMILES string of the molecule is CCC(C)NC(=O)C(CC)N(Cc1ccc(OC)cc1)C(=O)CCCN(c1ccccc1F)S(C)(=O)=O. The molecule has 2 amide bonds. The molecule has 10 heteroatoms. The summed E-state index contributed by atoms with van der Waals surface area (Å²) in [6.45, 7) is 5.85. The van der Waals surface area contributed by atoms with Crippen molar-refractivity contribution in [1.82, 2.24) is 10.2 Å². The number of rotatable bonds is 14. The minimum absolute atomic E-state index is 0.0102. The summed E-state index contributed by atoms with van der Waals surface area (Å²) in [4.78, 5) is 28.0. The largest absolute Gasteiger partial charge is 0.497 e. The van der Waals surface area contributed by atoms with Crippen molar-refractivity contribution in [3.63, 3.8) is 0 Å². The Hall–Kier alpha value is -3.14. The number of amides is 2. The van der Waals surface area contributed by atoms with E-state index in [4.69, 9.17) is 4.74 Å². The van der Waals surface area contributed by atoms with Crippen LogP contribution in [0.15, 0.2) is 48.5 Å². The van der Waals surface area contributed by atoms with E-state index in [0.29, 0.717) is 12.2 Å². The average molecular weight is 536 g/mol. The minimum Gasteiger partial charge on any atom is -0.497 e. The summed E-state index contributed by atoms with van der Waals surface area (Å²) in [6, 6.07) is 12.1. The van der Waals surface area contributed by atoms with Gasteiger partial charge >= 0.3 is 0 Å². The topological polar surface area (TPSA) is 96.0 Å². The van der Waals surface area contributed by atoms with Gasteiger partial charge in [0.15, 0.2) is 0 Å². The van der Waals surface area contributed by atoms with Crippen LogP contribution in [0.5, 0.6) is 5.75 Å². The van der Waals surface area contributed by atoms with Gasteiger partial charge in [0, 0.05) is 25.6 Å². The van der Waals surface area contributed by atoms with Crippen LogP contribution in [0.3, 0.4) is 0 Å². The number of carbonyl (C=O) groups excluding carboxylic acids is 2. The lowest BCUT2D eigenvalue weighted by Crippen LogP contribution is -2.50. The predicted octanol–water partition coefficient (Wildman–Crippen LogP) is 4.10. The molecule has 2 unspecified atom stereocenters. The third-order valence-electron chi connectivity index (χ3n) is 6.17. The zero-order valence-electron chi connectivity index (χ0n) is 22.2. The van der Waals surface area contributed by atoms with Gasteiger partial charge in [-0.15, -0.1) is 0 Å². The lowest BCUT2D eigenvalue weighted by Gasteiger charge is -2.32. The van der Waals surface area contributed by atoms with Crippen molar-refractivity contribution >= 4 is 27.5 Å². The normalized spacial score (nSPS) is 12.9. The van der Waals surface area contributed by atoms with Crippen molar-refractivity contribution in [1.29, 1.82) is 0 Å². The van der Waals surface area contributed by atoms with E-state index in [2.05, 4.69) is 5.32 Å². The van der Waals surface area contributed by atoms with Gasteiger partial charge in [-0.25, -0.2) is 12.8 Å². The van der Waals surface area contributed by atoms with Crippen molar-refractivity contribution in [3.8, 4) is 5.75 Å². The molecule has 0 radical (unpaired) electrons. The Kier molecular flexibility index (Phi) is 11.4. The maximum Gasteiger partial charge on any atom is 0.243 e. The van der Waals surface area contributed by atoms with Gasteiger partial charge in [0.05, 0.1) is 19.1 Å². The second-order valence-corrected chi connectivity index (χ2v) is 10.9. The van der Waals surface area contributed by atoms with Gasteiger partial charge < -0.3 is 15.0 Å². The van der Waals surface area contributed by atoms with E-state index in [1.165, 1.54) is 23.1 Å². The van der Waals surface area contributed by atoms with E-state index in [1.807, 2.05) is 32.9 Å². The number of para-hydroxylation sites is 1. The van der Waals surface area contributed by atoms with Crippen molar-refractivity contribution < 1.29 is 27.1 Å². The van der Waals surface area contributed by atoms with E-state index in [1.54, 1.807) is 25.3 Å². The first-order chi connectivity index (χ1) is 17.5. The summed E-state index contributed by atoms with van der Waals surface area (Å²) in [7, 11) is -2.20. The zero-order chi connectivity index (χ0) is 27.6. The molecule has 2 aromatic carbocycles. The van der Waals surface area contributed by atoms with Crippen molar-refractivity contribution in [2.24, 2.45) is 0 Å². The van der Waals surface area contributed by atoms with Crippen LogP contribution in [0, 0.1) is 5.82 Å². The van der Waals surface area contributed by atoms with Crippen LogP contribution in [-0.2, 0) is 26.2 Å². The standard InChI is InChI=1S/C27H38FN3O5S/c1-6-20(3)29-27(33)24(7-2)30(19-21-14-16-22(36-4)17-15-21)26(32)13-10-18-31(37(5,34)35)25-12-9-8-11-23(25)28/h8-9,11-12,14-17,20,24H,6-7,10,13,18-19H2,1-5H3,(H,29,33). The molecule has 0 spiro atoms. The molecule has 2 aromatic rings. The molecule has 0 saturated heterocycles. The second-order valence-electron chi connectivity index (χ2n) is 9.00. The van der Waals surface area contributed by atoms with Crippen molar-refractivity contribution in [2.45, 2.75) is 65.1 Å². The van der Waals surface area contributed by atoms with Crippen molar-refractivity contribution in [2.75, 3.05) is 24.2 Å². The molecule has 8 nitrogen and oxygen atoms in total. The second kappa shape index (κ2) is 14.0. The number of methoxy groups -OCH3 is 1. The Morgan fingerprint density at radius 3 is 2.24 bits per heavy atom. The summed E-state index contributed by atoms with van der Waals surface area (Å²) in [5, 5.41) is 2.96. The zero-order valence-corrected chi connectivity index (χ0v) is 23.1. The van der Waals surface area contributed by atoms with Gasteiger partial charge in [-0.1, -0.05) is 38.1 Å². The third kappa shape index (κ3) is 8.73. The maximum absolute atomic E-state index is 14.3. The summed E-state index contributed by atoms with van der Waals surface area (Å²) in [5.74, 6) is -0.503. The molecule has 1 N–H and O–H groups in total. The van der Waals surface area contributed by atoms with Gasteiger partial charge in [-0.2, -0.15) is 0 Å². The Labute approximate surface area is 219 Å². The fourth-order valence-corrected chi connectivity index (χ4v) is 4.89. The molecule has 0 aliphatic carbocycles. The number of hydrogen-bond acceptors (Lipinski definition) is 5. The number of sulfonamides is 1. The van der Waals surface area contributed by atoms with Crippen LogP contribution in [0.4, 0.5) is 10.1 Å². The Balaban J connectivity index is 2.24. The summed E-state index contributed by atoms with van der Waals surface area (Å²) < 4.78 is 45.2. The number of carbonyl (C=O) groups is 2. The first-order valence-electron chi connectivity index (χ1n) is 12.5. The van der Waals surface area contributed by atoms with Gasteiger partial charge in [0.1, 0.15) is 17.6 Å². The van der Waals surface area contributed by atoms with Crippen LogP contribution in [0.25, 0.3) is 0 Å². The fourth-order valence-electron chi connectivity index (χ4n) is 3.92. The maximum atomic E-state index is 14.3. The Bertz CT molecular complexity index is 1140. The molecule has 0 fully saturated rings. The Morgan fingerprint density at radius 2 is 1.70 bits per heavy atom. The van der Waals surface area contributed by atoms with Gasteiger partial charge in [-0.05, 0) is 56.0 Å². The first-order valence-corrected chi connectivity index (χ1v) is 14.3. The molecular formula is C27H38FN3O5S. The lowest BCUT2D eigenvalue weighted by molar-refractivity contribution is -0.141. The molecule has 0 aliphatic rings. The number of anilines is 1. The average Bonchev–Trinajstić information content (AvgIpc) is 2.86. The van der Waals surface area contributed by atoms with E-state index >= 15 is 0 Å². The number of nitrogens with one attached hydrogen (secondary N) is 1. The van der Waals surface area contributed by atoms with Gasteiger partial charge in [0.2, 0.25) is 21.8 Å². The molecule has 2 atom stereocenters. The highest BCUT2D eigenvalue weighted by Crippen LogP contribution is 2.23. The van der Waals surface area contributed by atoms with Crippen LogP contribution < -0.4 is 14.4 Å². The highest BCUT2D eigenvalue weighted by molar-refractivity contribution is 7.92. The molecule has 0 heterocycles. The highest BCUT2D eigenvalue weighted by atomic mass is 32.2. The number of benzene rings is 2. The van der Waals surface area contributed by atoms with Crippen LogP contribution in [-0.4, -0.2) is 57.1 Å². The third-order valence-corrected chi connectivity index (χ3v) is 7.35. The number of nitrogens with zero attached hydrogens (tertiary/aromatic N) is 2. The fraction of sp³-hybridized carbons (Fsp3) is 0.481. The van der Waals surface area contributed by atoms with Crippen LogP contribution in [0.1, 0.15) is 52.0 Å². The van der Waals surface area contributed by atoms with E-state index in [-0.39, 0.29) is 49.5 Å². The predicted molar refractivity (Wildman–Crippen MR) is 143 cm³/mol. The monoisotopic (exact) mass is 535 g/mol. The van der Waals surface area contributed by atoms with Crippen LogP contribution in [0.2, 0.25) is 0 Å². The van der Waals surface area contributed by atoms with E-state index in [0.717, 1.165) is 22.5 Å². The summed E-state index contributed by atoms with van der Waals surface area (Å²) >= 11 is 0. The van der Waals surface area contributed by atoms with Gasteiger partial charge in [-0.3, -0.25) is 13.9 Å². The number of hydrogen-bond donors (Lipinski definition) is 1. The number of ether oxygens (including phenoxy) is 1.